The summed E-state index contributed by atoms with van der Waals surface area (Å²) < 4.78 is 0. The van der Waals surface area contributed by atoms with Gasteiger partial charge < -0.3 is 5.32 Å². The molecule has 3 heteroatoms. The number of hydrogen-bond acceptors (Lipinski definition) is 2. The van der Waals surface area contributed by atoms with Gasteiger partial charge in [0.2, 0.25) is 5.91 Å². The third-order valence-electron chi connectivity index (χ3n) is 5.63. The topological polar surface area (TPSA) is 32.3 Å². The molecule has 0 bridgehead atoms. The molecule has 3 atom stereocenters. The van der Waals surface area contributed by atoms with E-state index in [1.165, 1.54) is 51.4 Å². The van der Waals surface area contributed by atoms with E-state index in [9.17, 15) is 4.79 Å². The number of carbonyl (C=O) groups excluding carboxylic acids is 1. The molecule has 3 nitrogen and oxygen atoms in total. The largest absolute Gasteiger partial charge is 0.352 e. The molecule has 0 spiro atoms. The van der Waals surface area contributed by atoms with Crippen LogP contribution in [0.4, 0.5) is 0 Å². The third-order valence-corrected chi connectivity index (χ3v) is 5.63. The van der Waals surface area contributed by atoms with Crippen LogP contribution < -0.4 is 5.32 Å². The van der Waals surface area contributed by atoms with Crippen molar-refractivity contribution in [2.24, 2.45) is 11.8 Å². The lowest BCUT2D eigenvalue weighted by molar-refractivity contribution is -0.124. The monoisotopic (exact) mass is 278 g/mol. The van der Waals surface area contributed by atoms with E-state index in [4.69, 9.17) is 0 Å². The first-order valence-electron chi connectivity index (χ1n) is 8.70. The Balaban J connectivity index is 1.50. The van der Waals surface area contributed by atoms with E-state index in [0.717, 1.165) is 5.92 Å². The van der Waals surface area contributed by atoms with Crippen molar-refractivity contribution in [3.63, 3.8) is 0 Å². The summed E-state index contributed by atoms with van der Waals surface area (Å²) in [5.41, 5.74) is 0. The van der Waals surface area contributed by atoms with Crippen molar-refractivity contribution in [1.29, 1.82) is 0 Å². The molecular weight excluding hydrogens is 248 g/mol. The Hall–Kier alpha value is -0.570. The smallest absolute Gasteiger partial charge is 0.234 e. The predicted octanol–water partition coefficient (Wildman–Crippen LogP) is 2.94. The van der Waals surface area contributed by atoms with Gasteiger partial charge in [0, 0.05) is 18.1 Å². The minimum absolute atomic E-state index is 0.267. The summed E-state index contributed by atoms with van der Waals surface area (Å²) in [6.07, 6.45) is 10.4. The van der Waals surface area contributed by atoms with Gasteiger partial charge in [-0.2, -0.15) is 0 Å². The fourth-order valence-corrected chi connectivity index (χ4v) is 3.81. The highest BCUT2D eigenvalue weighted by atomic mass is 16.2. The van der Waals surface area contributed by atoms with Crippen LogP contribution in [0.15, 0.2) is 0 Å². The lowest BCUT2D eigenvalue weighted by atomic mass is 9.86. The normalized spacial score (nSPS) is 32.1. The summed E-state index contributed by atoms with van der Waals surface area (Å²) in [6.45, 7) is 5.24. The first-order chi connectivity index (χ1) is 9.65. The lowest BCUT2D eigenvalue weighted by Gasteiger charge is -2.32. The van der Waals surface area contributed by atoms with Crippen LogP contribution in [0.5, 0.6) is 0 Å². The Bertz CT molecular complexity index is 349. The number of amides is 1. The van der Waals surface area contributed by atoms with E-state index in [1.807, 2.05) is 0 Å². The molecule has 0 aliphatic heterocycles. The lowest BCUT2D eigenvalue weighted by Crippen LogP contribution is -2.48. The molecule has 0 heterocycles. The van der Waals surface area contributed by atoms with Gasteiger partial charge in [0.1, 0.15) is 0 Å². The van der Waals surface area contributed by atoms with Gasteiger partial charge in [-0.15, -0.1) is 0 Å². The van der Waals surface area contributed by atoms with Crippen molar-refractivity contribution < 1.29 is 4.79 Å². The van der Waals surface area contributed by atoms with Crippen LogP contribution >= 0.6 is 0 Å². The van der Waals surface area contributed by atoms with Gasteiger partial charge >= 0.3 is 0 Å². The van der Waals surface area contributed by atoms with Gasteiger partial charge in [-0.25, -0.2) is 0 Å². The molecule has 3 aliphatic carbocycles. The average Bonchev–Trinajstić information content (AvgIpc) is 3.30. The molecule has 3 aliphatic rings. The van der Waals surface area contributed by atoms with Gasteiger partial charge in [0.15, 0.2) is 0 Å². The molecule has 0 radical (unpaired) electrons. The predicted molar refractivity (Wildman–Crippen MR) is 81.5 cm³/mol. The zero-order valence-corrected chi connectivity index (χ0v) is 13.1. The number of nitrogens with one attached hydrogen (secondary N) is 1. The van der Waals surface area contributed by atoms with Gasteiger partial charge in [0.05, 0.1) is 6.54 Å². The summed E-state index contributed by atoms with van der Waals surface area (Å²) >= 11 is 0. The summed E-state index contributed by atoms with van der Waals surface area (Å²) in [6, 6.07) is 1.73. The maximum atomic E-state index is 12.4. The highest BCUT2D eigenvalue weighted by molar-refractivity contribution is 5.78. The van der Waals surface area contributed by atoms with Crippen molar-refractivity contribution in [3.8, 4) is 0 Å². The van der Waals surface area contributed by atoms with E-state index in [-0.39, 0.29) is 5.91 Å². The summed E-state index contributed by atoms with van der Waals surface area (Å²) in [5.74, 6) is 1.78. The van der Waals surface area contributed by atoms with Crippen molar-refractivity contribution >= 4 is 5.91 Å². The zero-order valence-electron chi connectivity index (χ0n) is 13.1. The SMILES string of the molecule is CC1CCCCC1NC(=O)CN(C1CC1)C(C)C1CC1. The molecule has 0 aromatic heterocycles. The molecule has 3 saturated carbocycles. The first-order valence-corrected chi connectivity index (χ1v) is 8.70. The van der Waals surface area contributed by atoms with Crippen LogP contribution in [0.3, 0.4) is 0 Å². The second kappa shape index (κ2) is 6.05. The minimum Gasteiger partial charge on any atom is -0.352 e. The second-order valence-corrected chi connectivity index (χ2v) is 7.42. The Kier molecular flexibility index (Phi) is 4.34. The summed E-state index contributed by atoms with van der Waals surface area (Å²) in [5, 5.41) is 3.32. The van der Waals surface area contributed by atoms with E-state index in [1.54, 1.807) is 0 Å². The highest BCUT2D eigenvalue weighted by Gasteiger charge is 2.40. The average molecular weight is 278 g/mol. The second-order valence-electron chi connectivity index (χ2n) is 7.42. The Labute approximate surface area is 123 Å². The molecule has 3 unspecified atom stereocenters. The molecular formula is C17H30N2O. The minimum atomic E-state index is 0.267. The van der Waals surface area contributed by atoms with Gasteiger partial charge in [0.25, 0.3) is 0 Å². The van der Waals surface area contributed by atoms with E-state index >= 15 is 0 Å². The fraction of sp³-hybridized carbons (Fsp3) is 0.941. The molecule has 0 saturated heterocycles. The quantitative estimate of drug-likeness (QED) is 0.810. The fourth-order valence-electron chi connectivity index (χ4n) is 3.81. The van der Waals surface area contributed by atoms with Crippen molar-refractivity contribution in [1.82, 2.24) is 10.2 Å². The number of hydrogen-bond donors (Lipinski definition) is 1. The maximum absolute atomic E-state index is 12.4. The molecule has 1 amide bonds. The van der Waals surface area contributed by atoms with E-state index < -0.39 is 0 Å². The van der Waals surface area contributed by atoms with Gasteiger partial charge in [-0.05, 0) is 57.3 Å². The van der Waals surface area contributed by atoms with Crippen LogP contribution in [-0.2, 0) is 4.79 Å². The summed E-state index contributed by atoms with van der Waals surface area (Å²) in [4.78, 5) is 14.9. The van der Waals surface area contributed by atoms with E-state index in [0.29, 0.717) is 30.6 Å². The Morgan fingerprint density at radius 2 is 1.85 bits per heavy atom. The van der Waals surface area contributed by atoms with Crippen molar-refractivity contribution in [2.45, 2.75) is 83.3 Å². The van der Waals surface area contributed by atoms with E-state index in [2.05, 4.69) is 24.1 Å². The Morgan fingerprint density at radius 1 is 1.15 bits per heavy atom. The number of carbonyl (C=O) groups is 1. The first kappa shape index (κ1) is 14.4. The highest BCUT2D eigenvalue weighted by Crippen LogP contribution is 2.39. The van der Waals surface area contributed by atoms with Gasteiger partial charge in [-0.3, -0.25) is 9.69 Å². The molecule has 114 valence electrons. The molecule has 0 aromatic carbocycles. The Morgan fingerprint density at radius 3 is 2.45 bits per heavy atom. The van der Waals surface area contributed by atoms with Crippen LogP contribution in [0, 0.1) is 11.8 Å². The number of rotatable bonds is 6. The third kappa shape index (κ3) is 3.55. The summed E-state index contributed by atoms with van der Waals surface area (Å²) in [7, 11) is 0. The number of nitrogens with zero attached hydrogens (tertiary/aromatic N) is 1. The molecule has 20 heavy (non-hydrogen) atoms. The van der Waals surface area contributed by atoms with Crippen LogP contribution in [0.2, 0.25) is 0 Å². The van der Waals surface area contributed by atoms with Crippen molar-refractivity contribution in [2.75, 3.05) is 6.54 Å². The molecule has 3 fully saturated rings. The molecule has 3 rings (SSSR count). The van der Waals surface area contributed by atoms with Crippen molar-refractivity contribution in [3.05, 3.63) is 0 Å². The maximum Gasteiger partial charge on any atom is 0.234 e. The molecule has 1 N–H and O–H groups in total. The van der Waals surface area contributed by atoms with Crippen LogP contribution in [-0.4, -0.2) is 35.5 Å². The van der Waals surface area contributed by atoms with Gasteiger partial charge in [-0.1, -0.05) is 19.8 Å². The van der Waals surface area contributed by atoms with Crippen LogP contribution in [0.1, 0.15) is 65.2 Å². The standard InChI is InChI=1S/C17H30N2O/c1-12-5-3-4-6-16(12)18-17(20)11-19(15-9-10-15)13(2)14-7-8-14/h12-16H,3-11H2,1-2H3,(H,18,20). The zero-order chi connectivity index (χ0) is 14.1. The van der Waals surface area contributed by atoms with Crippen LogP contribution in [0.25, 0.3) is 0 Å². The molecule has 0 aromatic rings.